The summed E-state index contributed by atoms with van der Waals surface area (Å²) in [4.78, 5) is 34.4. The summed E-state index contributed by atoms with van der Waals surface area (Å²) >= 11 is 0. The Morgan fingerprint density at radius 3 is 2.24 bits per heavy atom. The fourth-order valence-corrected chi connectivity index (χ4v) is 3.55. The van der Waals surface area contributed by atoms with E-state index in [2.05, 4.69) is 40.2 Å². The van der Waals surface area contributed by atoms with Gasteiger partial charge >= 0.3 is 6.03 Å². The number of nitrogens with two attached hydrogens (primary N) is 1. The first-order valence-electron chi connectivity index (χ1n) is 11.2. The van der Waals surface area contributed by atoms with Crippen LogP contribution in [0.4, 0.5) is 20.6 Å². The molecule has 0 aromatic heterocycles. The van der Waals surface area contributed by atoms with E-state index in [0.29, 0.717) is 31.4 Å². The van der Waals surface area contributed by atoms with E-state index in [1.54, 1.807) is 4.90 Å². The minimum atomic E-state index is -0.357. The summed E-state index contributed by atoms with van der Waals surface area (Å²) in [5.41, 5.74) is 8.42. The number of hydrogen-bond acceptors (Lipinski definition) is 5. The average molecular weight is 474 g/mol. The Bertz CT molecular complexity index is 901. The maximum atomic E-state index is 12.9. The number of piperidine rings is 1. The fourth-order valence-electron chi connectivity index (χ4n) is 3.55. The van der Waals surface area contributed by atoms with Gasteiger partial charge < -0.3 is 31.7 Å². The Balaban J connectivity index is 0.00000129. The molecule has 6 N–H and O–H groups in total. The smallest absolute Gasteiger partial charge is 0.317 e. The molecular formula is C24H32FN5O4. The summed E-state index contributed by atoms with van der Waals surface area (Å²) in [5.74, 6) is -0.586. The molecule has 2 aromatic carbocycles. The van der Waals surface area contributed by atoms with E-state index in [4.69, 9.17) is 15.6 Å². The first kappa shape index (κ1) is 26.6. The summed E-state index contributed by atoms with van der Waals surface area (Å²) in [6.07, 6.45) is 2.76. The van der Waals surface area contributed by atoms with Gasteiger partial charge in [0.2, 0.25) is 5.91 Å². The molecule has 0 unspecified atom stereocenters. The van der Waals surface area contributed by atoms with Gasteiger partial charge in [-0.15, -0.1) is 0 Å². The molecule has 1 aliphatic heterocycles. The van der Waals surface area contributed by atoms with E-state index >= 15 is 0 Å². The van der Waals surface area contributed by atoms with Gasteiger partial charge in [0.1, 0.15) is 5.82 Å². The third kappa shape index (κ3) is 9.45. The van der Waals surface area contributed by atoms with E-state index in [1.165, 1.54) is 29.8 Å². The fraction of sp³-hybridized carbons (Fsp3) is 0.375. The molecular weight excluding hydrogens is 441 g/mol. The van der Waals surface area contributed by atoms with Crippen molar-refractivity contribution in [1.29, 1.82) is 0 Å². The van der Waals surface area contributed by atoms with Crippen molar-refractivity contribution in [2.75, 3.05) is 36.8 Å². The summed E-state index contributed by atoms with van der Waals surface area (Å²) in [7, 11) is 0. The molecule has 10 heteroatoms. The van der Waals surface area contributed by atoms with Crippen LogP contribution < -0.4 is 21.7 Å². The number of nitrogens with zero attached hydrogens (tertiary/aromatic N) is 1. The molecule has 1 fully saturated rings. The third-order valence-electron chi connectivity index (χ3n) is 5.30. The molecule has 3 amide bonds. The lowest BCUT2D eigenvalue weighted by molar-refractivity contribution is -0.123. The molecule has 1 saturated heterocycles. The second-order valence-corrected chi connectivity index (χ2v) is 7.78. The number of rotatable bonds is 8. The quantitative estimate of drug-likeness (QED) is 0.374. The largest absolute Gasteiger partial charge is 0.483 e. The Kier molecular flexibility index (Phi) is 11.3. The zero-order chi connectivity index (χ0) is 24.8. The highest BCUT2D eigenvalue weighted by Gasteiger charge is 2.22. The minimum Gasteiger partial charge on any atom is -0.483 e. The lowest BCUT2D eigenvalue weighted by atomic mass is 10.0. The van der Waals surface area contributed by atoms with Gasteiger partial charge in [0.25, 0.3) is 6.47 Å². The van der Waals surface area contributed by atoms with Gasteiger partial charge in [0.15, 0.2) is 0 Å². The maximum Gasteiger partial charge on any atom is 0.317 e. The van der Waals surface area contributed by atoms with Crippen LogP contribution in [0.1, 0.15) is 24.8 Å². The van der Waals surface area contributed by atoms with Crippen molar-refractivity contribution >= 4 is 29.8 Å². The molecule has 3 rings (SSSR count). The van der Waals surface area contributed by atoms with Crippen LogP contribution in [0.15, 0.2) is 48.5 Å². The van der Waals surface area contributed by atoms with Crippen LogP contribution >= 0.6 is 0 Å². The number of nitrogens with one attached hydrogen (secondary N) is 3. The predicted octanol–water partition coefficient (Wildman–Crippen LogP) is 2.64. The topological polar surface area (TPSA) is 137 Å². The van der Waals surface area contributed by atoms with E-state index in [1.807, 2.05) is 0 Å². The number of amides is 3. The van der Waals surface area contributed by atoms with Crippen LogP contribution in [0.5, 0.6) is 0 Å². The molecule has 1 aliphatic rings. The van der Waals surface area contributed by atoms with Crippen LogP contribution in [0.25, 0.3) is 0 Å². The molecule has 1 heterocycles. The minimum absolute atomic E-state index is 0.154. The monoisotopic (exact) mass is 473 g/mol. The molecule has 34 heavy (non-hydrogen) atoms. The van der Waals surface area contributed by atoms with Crippen molar-refractivity contribution in [3.8, 4) is 0 Å². The van der Waals surface area contributed by atoms with Crippen LogP contribution in [-0.4, -0.2) is 60.6 Å². The lowest BCUT2D eigenvalue weighted by Crippen LogP contribution is -2.47. The Morgan fingerprint density at radius 1 is 1.06 bits per heavy atom. The number of halogens is 1. The van der Waals surface area contributed by atoms with Crippen LogP contribution in [0.2, 0.25) is 0 Å². The molecule has 0 radical (unpaired) electrons. The standard InChI is InChI=1S/C23H30FN5O2.CH2O2/c24-18-3-7-20(8-4-18)28-22(30)10-14-26-23(31)29-15-11-21(12-16-29)27-19-5-1-17(2-6-19)9-13-25;2-1-3/h1-8,21,27H,9-16,25H2,(H,26,31)(H,28,30);1H,(H,2,3). The second-order valence-electron chi connectivity index (χ2n) is 7.78. The van der Waals surface area contributed by atoms with Crippen molar-refractivity contribution in [1.82, 2.24) is 10.2 Å². The van der Waals surface area contributed by atoms with Crippen molar-refractivity contribution in [3.05, 3.63) is 59.9 Å². The predicted molar refractivity (Wildman–Crippen MR) is 129 cm³/mol. The lowest BCUT2D eigenvalue weighted by Gasteiger charge is -2.33. The van der Waals surface area contributed by atoms with E-state index < -0.39 is 0 Å². The SMILES string of the molecule is NCCc1ccc(NC2CCN(C(=O)NCCC(=O)Nc3ccc(F)cc3)CC2)cc1.O=CO. The maximum absolute atomic E-state index is 12.9. The molecule has 9 nitrogen and oxygen atoms in total. The number of carboxylic acid groups (broad SMARTS) is 1. The summed E-state index contributed by atoms with van der Waals surface area (Å²) in [6, 6.07) is 14.1. The molecule has 0 atom stereocenters. The van der Waals surface area contributed by atoms with Gasteiger partial charge in [-0.3, -0.25) is 9.59 Å². The second kappa shape index (κ2) is 14.5. The number of benzene rings is 2. The molecule has 2 aromatic rings. The Hall–Kier alpha value is -3.66. The number of urea groups is 1. The number of carbonyl (C=O) groups is 3. The molecule has 0 saturated carbocycles. The summed E-state index contributed by atoms with van der Waals surface area (Å²) < 4.78 is 12.9. The Morgan fingerprint density at radius 2 is 1.65 bits per heavy atom. The van der Waals surface area contributed by atoms with Crippen molar-refractivity contribution in [2.24, 2.45) is 5.73 Å². The Labute approximate surface area is 198 Å². The molecule has 0 bridgehead atoms. The van der Waals surface area contributed by atoms with Crippen LogP contribution in [-0.2, 0) is 16.0 Å². The van der Waals surface area contributed by atoms with Gasteiger partial charge in [-0.25, -0.2) is 9.18 Å². The molecule has 184 valence electrons. The normalized spacial score (nSPS) is 13.3. The average Bonchev–Trinajstić information content (AvgIpc) is 2.83. The van der Waals surface area contributed by atoms with Crippen LogP contribution in [0.3, 0.4) is 0 Å². The summed E-state index contributed by atoms with van der Waals surface area (Å²) in [5, 5.41) is 15.9. The van der Waals surface area contributed by atoms with Crippen molar-refractivity contribution in [2.45, 2.75) is 31.7 Å². The number of anilines is 2. The first-order valence-corrected chi connectivity index (χ1v) is 11.2. The zero-order valence-electron chi connectivity index (χ0n) is 19.0. The van der Waals surface area contributed by atoms with Crippen LogP contribution in [0, 0.1) is 5.82 Å². The van der Waals surface area contributed by atoms with Crippen molar-refractivity contribution < 1.29 is 23.9 Å². The van der Waals surface area contributed by atoms with Gasteiger partial charge in [0.05, 0.1) is 0 Å². The molecule has 0 spiro atoms. The first-order chi connectivity index (χ1) is 16.4. The van der Waals surface area contributed by atoms with Gasteiger partial charge in [0, 0.05) is 43.5 Å². The summed E-state index contributed by atoms with van der Waals surface area (Å²) in [6.45, 7) is 1.97. The van der Waals surface area contributed by atoms with Gasteiger partial charge in [-0.1, -0.05) is 12.1 Å². The van der Waals surface area contributed by atoms with Crippen molar-refractivity contribution in [3.63, 3.8) is 0 Å². The highest BCUT2D eigenvalue weighted by molar-refractivity contribution is 5.91. The van der Waals surface area contributed by atoms with E-state index in [-0.39, 0.29) is 37.2 Å². The molecule has 0 aliphatic carbocycles. The van der Waals surface area contributed by atoms with Gasteiger partial charge in [-0.05, 0) is 67.8 Å². The highest BCUT2D eigenvalue weighted by atomic mass is 19.1. The zero-order valence-corrected chi connectivity index (χ0v) is 19.0. The van der Waals surface area contributed by atoms with E-state index in [9.17, 15) is 14.0 Å². The van der Waals surface area contributed by atoms with E-state index in [0.717, 1.165) is 24.9 Å². The third-order valence-corrected chi connectivity index (χ3v) is 5.30. The number of carbonyl (C=O) groups excluding carboxylic acids is 2. The number of hydrogen-bond donors (Lipinski definition) is 5. The highest BCUT2D eigenvalue weighted by Crippen LogP contribution is 2.17. The number of likely N-dealkylation sites (tertiary alicyclic amines) is 1. The van der Waals surface area contributed by atoms with Gasteiger partial charge in [-0.2, -0.15) is 0 Å².